The summed E-state index contributed by atoms with van der Waals surface area (Å²) in [5, 5.41) is 0. The van der Waals surface area contributed by atoms with Gasteiger partial charge in [0.15, 0.2) is 0 Å². The first-order valence-electron chi connectivity index (χ1n) is 5.57. The van der Waals surface area contributed by atoms with Crippen molar-refractivity contribution in [1.82, 2.24) is 10.6 Å². The van der Waals surface area contributed by atoms with E-state index in [0.717, 1.165) is 19.5 Å². The van der Waals surface area contributed by atoms with E-state index in [2.05, 4.69) is 17.0 Å². The summed E-state index contributed by atoms with van der Waals surface area (Å²) in [5.74, 6) is -0.619. The Morgan fingerprint density at radius 3 is 2.56 bits per heavy atom. The van der Waals surface area contributed by atoms with Crippen LogP contribution in [0.1, 0.15) is 18.9 Å². The fourth-order valence-corrected chi connectivity index (χ4v) is 1.52. The second-order valence-electron chi connectivity index (χ2n) is 4.28. The van der Waals surface area contributed by atoms with E-state index in [4.69, 9.17) is 5.73 Å². The van der Waals surface area contributed by atoms with Crippen molar-refractivity contribution in [3.8, 4) is 0 Å². The Balaban J connectivity index is 2.31. The summed E-state index contributed by atoms with van der Waals surface area (Å²) >= 11 is 0. The minimum atomic E-state index is -0.465. The van der Waals surface area contributed by atoms with Crippen LogP contribution in [0.3, 0.4) is 0 Å². The topological polar surface area (TPSA) is 44.1 Å². The van der Waals surface area contributed by atoms with Crippen molar-refractivity contribution in [2.75, 3.05) is 13.6 Å². The molecule has 0 aromatic heterocycles. The molecule has 1 unspecified atom stereocenters. The van der Waals surface area contributed by atoms with Crippen molar-refractivity contribution in [3.05, 3.63) is 35.9 Å². The molecule has 0 heterocycles. The first-order chi connectivity index (χ1) is 7.59. The Labute approximate surface area is 97.2 Å². The maximum atomic E-state index is 10.8. The molecule has 1 N–H and O–H groups in total. The second kappa shape index (κ2) is 6.28. The lowest BCUT2D eigenvalue weighted by Crippen LogP contribution is -2.23. The maximum Gasteiger partial charge on any atom is 0.241 e. The molecular formula is C13H19N2O. The van der Waals surface area contributed by atoms with Crippen LogP contribution in [0.2, 0.25) is 0 Å². The molecule has 3 heteroatoms. The highest BCUT2D eigenvalue weighted by Gasteiger charge is 2.10. The minimum Gasteiger partial charge on any atom is -0.302 e. The smallest absolute Gasteiger partial charge is 0.241 e. The molecule has 1 rings (SSSR count). The molecule has 1 amide bonds. The van der Waals surface area contributed by atoms with Gasteiger partial charge in [-0.3, -0.25) is 10.5 Å². The zero-order chi connectivity index (χ0) is 12.0. The fraction of sp³-hybridized carbons (Fsp3) is 0.462. The number of hydrogen-bond acceptors (Lipinski definition) is 2. The largest absolute Gasteiger partial charge is 0.302 e. The van der Waals surface area contributed by atoms with Gasteiger partial charge in [0, 0.05) is 12.5 Å². The molecule has 1 atom stereocenters. The normalized spacial score (nSPS) is 12.7. The lowest BCUT2D eigenvalue weighted by molar-refractivity contribution is -0.122. The first-order valence-corrected chi connectivity index (χ1v) is 5.57. The molecule has 0 aliphatic carbocycles. The number of hydrogen-bond donors (Lipinski definition) is 0. The highest BCUT2D eigenvalue weighted by Crippen LogP contribution is 2.06. The summed E-state index contributed by atoms with van der Waals surface area (Å²) in [6.07, 6.45) is 0.756. The van der Waals surface area contributed by atoms with Crippen LogP contribution >= 0.6 is 0 Å². The van der Waals surface area contributed by atoms with Gasteiger partial charge in [0.25, 0.3) is 0 Å². The number of rotatable bonds is 6. The molecule has 0 fully saturated rings. The van der Waals surface area contributed by atoms with E-state index in [1.807, 2.05) is 32.2 Å². The average Bonchev–Trinajstić information content (AvgIpc) is 2.27. The van der Waals surface area contributed by atoms with Crippen molar-refractivity contribution in [2.24, 2.45) is 5.92 Å². The molecule has 1 aromatic rings. The monoisotopic (exact) mass is 219 g/mol. The second-order valence-corrected chi connectivity index (χ2v) is 4.28. The Hall–Kier alpha value is -1.35. The van der Waals surface area contributed by atoms with Crippen LogP contribution in [0.15, 0.2) is 30.3 Å². The number of carbonyl (C=O) groups excluding carboxylic acids is 1. The van der Waals surface area contributed by atoms with E-state index in [9.17, 15) is 4.79 Å². The Morgan fingerprint density at radius 2 is 2.00 bits per heavy atom. The molecule has 0 saturated heterocycles. The summed E-state index contributed by atoms with van der Waals surface area (Å²) in [6, 6.07) is 10.2. The van der Waals surface area contributed by atoms with Gasteiger partial charge >= 0.3 is 0 Å². The summed E-state index contributed by atoms with van der Waals surface area (Å²) in [7, 11) is 2.04. The summed E-state index contributed by atoms with van der Waals surface area (Å²) < 4.78 is 0. The predicted octanol–water partition coefficient (Wildman–Crippen LogP) is 1.95. The number of benzene rings is 1. The van der Waals surface area contributed by atoms with E-state index < -0.39 is 5.91 Å². The van der Waals surface area contributed by atoms with Crippen LogP contribution in [0.4, 0.5) is 0 Å². The number of amides is 1. The molecule has 3 nitrogen and oxygen atoms in total. The molecule has 16 heavy (non-hydrogen) atoms. The molecule has 1 aromatic carbocycles. The van der Waals surface area contributed by atoms with Gasteiger partial charge in [0.2, 0.25) is 5.91 Å². The highest BCUT2D eigenvalue weighted by molar-refractivity contribution is 5.75. The van der Waals surface area contributed by atoms with Crippen LogP contribution in [0, 0.1) is 5.92 Å². The molecule has 0 aliphatic heterocycles. The molecule has 0 bridgehead atoms. The zero-order valence-electron chi connectivity index (χ0n) is 9.94. The van der Waals surface area contributed by atoms with E-state index >= 15 is 0 Å². The summed E-state index contributed by atoms with van der Waals surface area (Å²) in [5.41, 5.74) is 8.26. The zero-order valence-corrected chi connectivity index (χ0v) is 9.94. The number of nitrogens with zero attached hydrogens (tertiary/aromatic N) is 1. The minimum absolute atomic E-state index is 0.154. The summed E-state index contributed by atoms with van der Waals surface area (Å²) in [4.78, 5) is 12.9. The SMILES string of the molecule is CC(CCN(C)Cc1ccccc1)C([NH])=O. The van der Waals surface area contributed by atoms with E-state index in [-0.39, 0.29) is 5.92 Å². The highest BCUT2D eigenvalue weighted by atomic mass is 16.1. The van der Waals surface area contributed by atoms with Gasteiger partial charge < -0.3 is 4.90 Å². The van der Waals surface area contributed by atoms with Crippen molar-refractivity contribution in [1.29, 1.82) is 0 Å². The predicted molar refractivity (Wildman–Crippen MR) is 64.7 cm³/mol. The van der Waals surface area contributed by atoms with Gasteiger partial charge in [-0.25, -0.2) is 0 Å². The Kier molecular flexibility index (Phi) is 4.99. The standard InChI is InChI=1S/C13H19N2O/c1-11(13(14)16)8-9-15(2)10-12-6-4-3-5-7-12/h3-7,11,14H,8-10H2,1-2H3. The quantitative estimate of drug-likeness (QED) is 0.734. The number of carbonyl (C=O) groups is 1. The molecular weight excluding hydrogens is 200 g/mol. The third-order valence-corrected chi connectivity index (χ3v) is 2.69. The lowest BCUT2D eigenvalue weighted by atomic mass is 10.1. The molecule has 87 valence electrons. The van der Waals surface area contributed by atoms with Crippen LogP contribution < -0.4 is 5.73 Å². The lowest BCUT2D eigenvalue weighted by Gasteiger charge is -2.17. The Bertz CT molecular complexity index is 324. The number of nitrogens with one attached hydrogen (secondary N) is 1. The van der Waals surface area contributed by atoms with Gasteiger partial charge in [-0.2, -0.15) is 0 Å². The van der Waals surface area contributed by atoms with Gasteiger partial charge in [0.1, 0.15) is 0 Å². The van der Waals surface area contributed by atoms with E-state index in [1.54, 1.807) is 0 Å². The third-order valence-electron chi connectivity index (χ3n) is 2.69. The maximum absolute atomic E-state index is 10.8. The first kappa shape index (κ1) is 12.7. The van der Waals surface area contributed by atoms with Crippen LogP contribution in [-0.4, -0.2) is 24.4 Å². The molecule has 0 saturated carbocycles. The van der Waals surface area contributed by atoms with Crippen molar-refractivity contribution < 1.29 is 4.79 Å². The van der Waals surface area contributed by atoms with E-state index in [1.165, 1.54) is 5.56 Å². The Morgan fingerprint density at radius 1 is 1.38 bits per heavy atom. The van der Waals surface area contributed by atoms with Crippen molar-refractivity contribution >= 4 is 5.91 Å². The third kappa shape index (κ3) is 4.45. The van der Waals surface area contributed by atoms with Gasteiger partial charge in [-0.1, -0.05) is 37.3 Å². The van der Waals surface area contributed by atoms with Gasteiger partial charge in [-0.15, -0.1) is 0 Å². The van der Waals surface area contributed by atoms with Gasteiger partial charge in [0.05, 0.1) is 0 Å². The van der Waals surface area contributed by atoms with Gasteiger partial charge in [-0.05, 0) is 25.6 Å². The van der Waals surface area contributed by atoms with Crippen molar-refractivity contribution in [2.45, 2.75) is 19.9 Å². The van der Waals surface area contributed by atoms with Crippen LogP contribution in [-0.2, 0) is 11.3 Å². The van der Waals surface area contributed by atoms with E-state index in [0.29, 0.717) is 0 Å². The summed E-state index contributed by atoms with van der Waals surface area (Å²) in [6.45, 7) is 3.55. The van der Waals surface area contributed by atoms with Crippen molar-refractivity contribution in [3.63, 3.8) is 0 Å². The fourth-order valence-electron chi connectivity index (χ4n) is 1.52. The van der Waals surface area contributed by atoms with Crippen LogP contribution in [0.5, 0.6) is 0 Å². The molecule has 0 spiro atoms. The molecule has 0 aliphatic rings. The average molecular weight is 219 g/mol. The van der Waals surface area contributed by atoms with Crippen LogP contribution in [0.25, 0.3) is 0 Å². The molecule has 1 radical (unpaired) electrons.